The van der Waals surface area contributed by atoms with Gasteiger partial charge in [0.05, 0.1) is 0 Å². The van der Waals surface area contributed by atoms with Crippen molar-refractivity contribution < 1.29 is 19.1 Å². The quantitative estimate of drug-likeness (QED) is 0.495. The first-order valence-corrected chi connectivity index (χ1v) is 12.1. The fourth-order valence-electron chi connectivity index (χ4n) is 4.55. The van der Waals surface area contributed by atoms with Crippen LogP contribution in [0.15, 0.2) is 54.6 Å². The standard InChI is InChI=1S/C28H34N4O4/c1-19-17-32(5)24-16-25(22-8-6-7-9-23(22)26(19)24)36-28(34)31(4)15-14-30(3)27(33)35-18-20-10-12-21(29-2)13-11-20/h6-13,16,19,29H,14-15,17-18H2,1-5H3/t19-/m1/s1. The number of amides is 2. The fraction of sp³-hybridized carbons (Fsp3) is 0.357. The van der Waals surface area contributed by atoms with Gasteiger partial charge >= 0.3 is 12.2 Å². The van der Waals surface area contributed by atoms with Crippen molar-refractivity contribution >= 4 is 34.3 Å². The third-order valence-electron chi connectivity index (χ3n) is 6.67. The molecule has 1 aliphatic rings. The number of benzene rings is 3. The summed E-state index contributed by atoms with van der Waals surface area (Å²) >= 11 is 0. The van der Waals surface area contributed by atoms with Crippen molar-refractivity contribution in [1.82, 2.24) is 9.80 Å². The highest BCUT2D eigenvalue weighted by atomic mass is 16.6. The molecule has 8 heteroatoms. The van der Waals surface area contributed by atoms with E-state index in [4.69, 9.17) is 9.47 Å². The molecule has 3 aromatic rings. The van der Waals surface area contributed by atoms with Crippen molar-refractivity contribution in [3.05, 3.63) is 65.7 Å². The van der Waals surface area contributed by atoms with E-state index < -0.39 is 12.2 Å². The highest BCUT2D eigenvalue weighted by Crippen LogP contribution is 2.44. The Morgan fingerprint density at radius 2 is 1.64 bits per heavy atom. The van der Waals surface area contributed by atoms with Crippen LogP contribution in [0.3, 0.4) is 0 Å². The van der Waals surface area contributed by atoms with Crippen molar-refractivity contribution in [2.45, 2.75) is 19.4 Å². The van der Waals surface area contributed by atoms with E-state index >= 15 is 0 Å². The van der Waals surface area contributed by atoms with Crippen molar-refractivity contribution in [2.24, 2.45) is 0 Å². The average molecular weight is 491 g/mol. The summed E-state index contributed by atoms with van der Waals surface area (Å²) in [4.78, 5) is 30.4. The number of hydrogen-bond acceptors (Lipinski definition) is 6. The summed E-state index contributed by atoms with van der Waals surface area (Å²) in [5.41, 5.74) is 4.28. The van der Waals surface area contributed by atoms with E-state index in [2.05, 4.69) is 30.3 Å². The van der Waals surface area contributed by atoms with E-state index in [9.17, 15) is 9.59 Å². The van der Waals surface area contributed by atoms with Crippen LogP contribution in [0.5, 0.6) is 5.75 Å². The van der Waals surface area contributed by atoms with Gasteiger partial charge in [0.2, 0.25) is 0 Å². The molecule has 1 atom stereocenters. The number of ether oxygens (including phenoxy) is 2. The first-order valence-electron chi connectivity index (χ1n) is 12.1. The number of nitrogens with zero attached hydrogens (tertiary/aromatic N) is 3. The molecule has 0 aromatic heterocycles. The van der Waals surface area contributed by atoms with E-state index in [1.165, 1.54) is 15.4 Å². The molecule has 4 rings (SSSR count). The molecule has 3 aromatic carbocycles. The van der Waals surface area contributed by atoms with Crippen LogP contribution in [0.1, 0.15) is 24.0 Å². The second-order valence-electron chi connectivity index (χ2n) is 9.35. The Hall–Kier alpha value is -3.94. The lowest BCUT2D eigenvalue weighted by Gasteiger charge is -2.22. The maximum absolute atomic E-state index is 12.9. The molecule has 1 heterocycles. The molecule has 0 fully saturated rings. The largest absolute Gasteiger partial charge is 0.445 e. The topological polar surface area (TPSA) is 74.3 Å². The third kappa shape index (κ3) is 5.32. The number of hydrogen-bond donors (Lipinski definition) is 1. The molecule has 1 N–H and O–H groups in total. The normalized spacial score (nSPS) is 14.4. The zero-order chi connectivity index (χ0) is 25.8. The molecule has 2 amide bonds. The molecule has 0 unspecified atom stereocenters. The molecular formula is C28H34N4O4. The van der Waals surface area contributed by atoms with E-state index in [0.29, 0.717) is 24.8 Å². The minimum absolute atomic E-state index is 0.184. The SMILES string of the molecule is CNc1ccc(COC(=O)N(C)CCN(C)C(=O)Oc2cc3c(c4ccccc24)[C@H](C)CN3C)cc1. The monoisotopic (exact) mass is 490 g/mol. The van der Waals surface area contributed by atoms with Gasteiger partial charge in [0, 0.05) is 76.6 Å². The van der Waals surface area contributed by atoms with Crippen LogP contribution < -0.4 is 15.0 Å². The van der Waals surface area contributed by atoms with Gasteiger partial charge in [0.1, 0.15) is 12.4 Å². The molecule has 0 saturated carbocycles. The first kappa shape index (κ1) is 25.2. The maximum atomic E-state index is 12.9. The zero-order valence-electron chi connectivity index (χ0n) is 21.6. The number of anilines is 2. The molecule has 0 bridgehead atoms. The lowest BCUT2D eigenvalue weighted by atomic mass is 9.95. The Morgan fingerprint density at radius 3 is 2.31 bits per heavy atom. The molecule has 0 radical (unpaired) electrons. The van der Waals surface area contributed by atoms with Crippen molar-refractivity contribution in [2.75, 3.05) is 58.0 Å². The Kier molecular flexibility index (Phi) is 7.52. The van der Waals surface area contributed by atoms with Crippen molar-refractivity contribution in [3.8, 4) is 5.75 Å². The van der Waals surface area contributed by atoms with Gasteiger partial charge < -0.3 is 29.5 Å². The highest BCUT2D eigenvalue weighted by molar-refractivity contribution is 5.98. The number of likely N-dealkylation sites (N-methyl/N-ethyl adjacent to an activating group) is 3. The van der Waals surface area contributed by atoms with E-state index in [0.717, 1.165) is 34.3 Å². The van der Waals surface area contributed by atoms with Gasteiger partial charge in [-0.25, -0.2) is 9.59 Å². The van der Waals surface area contributed by atoms with E-state index in [1.54, 1.807) is 14.1 Å². The summed E-state index contributed by atoms with van der Waals surface area (Å²) < 4.78 is 11.2. The number of fused-ring (bicyclic) bond motifs is 3. The summed E-state index contributed by atoms with van der Waals surface area (Å²) in [6.07, 6.45) is -0.920. The van der Waals surface area contributed by atoms with Crippen molar-refractivity contribution in [3.63, 3.8) is 0 Å². The molecule has 190 valence electrons. The van der Waals surface area contributed by atoms with Gasteiger partial charge in [-0.15, -0.1) is 0 Å². The second kappa shape index (κ2) is 10.8. The van der Waals surface area contributed by atoms with Crippen molar-refractivity contribution in [1.29, 1.82) is 0 Å². The molecule has 8 nitrogen and oxygen atoms in total. The van der Waals surface area contributed by atoms with Crippen LogP contribution in [0, 0.1) is 0 Å². The summed E-state index contributed by atoms with van der Waals surface area (Å²) in [6.45, 7) is 3.95. The predicted octanol–water partition coefficient (Wildman–Crippen LogP) is 5.13. The third-order valence-corrected chi connectivity index (χ3v) is 6.67. The van der Waals surface area contributed by atoms with Crippen LogP contribution in [0.2, 0.25) is 0 Å². The number of rotatable bonds is 7. The lowest BCUT2D eigenvalue weighted by Crippen LogP contribution is -2.38. The molecule has 0 saturated heterocycles. The molecule has 1 aliphatic heterocycles. The minimum Gasteiger partial charge on any atom is -0.445 e. The maximum Gasteiger partial charge on any atom is 0.415 e. The summed E-state index contributed by atoms with van der Waals surface area (Å²) in [5.74, 6) is 0.949. The Bertz CT molecular complexity index is 1240. The number of nitrogens with one attached hydrogen (secondary N) is 1. The number of carbonyl (C=O) groups excluding carboxylic acids is 2. The molecule has 0 spiro atoms. The fourth-order valence-corrected chi connectivity index (χ4v) is 4.55. The Labute approximate surface area is 212 Å². The summed E-state index contributed by atoms with van der Waals surface area (Å²) in [6, 6.07) is 17.7. The molecule has 0 aliphatic carbocycles. The van der Waals surface area contributed by atoms with E-state index in [1.807, 2.05) is 55.6 Å². The minimum atomic E-state index is -0.472. The van der Waals surface area contributed by atoms with Gasteiger partial charge in [0.15, 0.2) is 0 Å². The smallest absolute Gasteiger partial charge is 0.415 e. The number of carbonyl (C=O) groups is 2. The van der Waals surface area contributed by atoms with Gasteiger partial charge in [0.25, 0.3) is 0 Å². The average Bonchev–Trinajstić information content (AvgIpc) is 3.18. The summed E-state index contributed by atoms with van der Waals surface area (Å²) in [7, 11) is 7.22. The van der Waals surface area contributed by atoms with Gasteiger partial charge in [-0.3, -0.25) is 0 Å². The van der Waals surface area contributed by atoms with Crippen LogP contribution >= 0.6 is 0 Å². The second-order valence-corrected chi connectivity index (χ2v) is 9.35. The van der Waals surface area contributed by atoms with Crippen LogP contribution in [0.25, 0.3) is 10.8 Å². The summed E-state index contributed by atoms with van der Waals surface area (Å²) in [5, 5.41) is 5.08. The zero-order valence-corrected chi connectivity index (χ0v) is 21.6. The van der Waals surface area contributed by atoms with Crippen LogP contribution in [0.4, 0.5) is 21.0 Å². The van der Waals surface area contributed by atoms with E-state index in [-0.39, 0.29) is 6.61 Å². The Morgan fingerprint density at radius 1 is 1.00 bits per heavy atom. The first-order chi connectivity index (χ1) is 17.3. The van der Waals surface area contributed by atoms with Gasteiger partial charge in [-0.05, 0) is 28.6 Å². The predicted molar refractivity (Wildman–Crippen MR) is 143 cm³/mol. The van der Waals surface area contributed by atoms with Crippen LogP contribution in [-0.2, 0) is 11.3 Å². The molecule has 36 heavy (non-hydrogen) atoms. The Balaban J connectivity index is 1.34. The van der Waals surface area contributed by atoms with Gasteiger partial charge in [-0.1, -0.05) is 43.3 Å². The van der Waals surface area contributed by atoms with Gasteiger partial charge in [-0.2, -0.15) is 0 Å². The highest BCUT2D eigenvalue weighted by Gasteiger charge is 2.27. The van der Waals surface area contributed by atoms with Crippen LogP contribution in [-0.4, -0.2) is 69.8 Å². The lowest BCUT2D eigenvalue weighted by molar-refractivity contribution is 0.100. The molecular weight excluding hydrogens is 456 g/mol.